The lowest BCUT2D eigenvalue weighted by atomic mass is 9.99. The van der Waals surface area contributed by atoms with E-state index in [1.54, 1.807) is 0 Å². The van der Waals surface area contributed by atoms with Gasteiger partial charge in [0.15, 0.2) is 5.06 Å². The van der Waals surface area contributed by atoms with Gasteiger partial charge >= 0.3 is 5.97 Å². The quantitative estimate of drug-likeness (QED) is 0.756. The Bertz CT molecular complexity index is 291. The number of carbonyl (C=O) groups is 1. The first kappa shape index (κ1) is 9.68. The van der Waals surface area contributed by atoms with E-state index in [9.17, 15) is 4.79 Å². The Labute approximate surface area is 87.1 Å². The SMILES string of the molecule is O=C(Oc1cccs1)C1CCNCC1. The number of hydrogen-bond donors (Lipinski definition) is 1. The largest absolute Gasteiger partial charge is 0.415 e. The molecule has 0 radical (unpaired) electrons. The molecule has 0 aromatic carbocycles. The van der Waals surface area contributed by atoms with Crippen LogP contribution in [0.25, 0.3) is 0 Å². The Morgan fingerprint density at radius 1 is 1.50 bits per heavy atom. The van der Waals surface area contributed by atoms with E-state index < -0.39 is 0 Å². The van der Waals surface area contributed by atoms with Crippen molar-refractivity contribution in [3.05, 3.63) is 17.5 Å². The molecule has 1 aromatic rings. The minimum Gasteiger partial charge on any atom is -0.415 e. The van der Waals surface area contributed by atoms with Crippen molar-refractivity contribution < 1.29 is 9.53 Å². The molecule has 3 nitrogen and oxygen atoms in total. The molecule has 2 heterocycles. The van der Waals surface area contributed by atoms with Crippen molar-refractivity contribution in [3.63, 3.8) is 0 Å². The molecule has 1 N–H and O–H groups in total. The first-order valence-corrected chi connectivity index (χ1v) is 5.70. The summed E-state index contributed by atoms with van der Waals surface area (Å²) in [5.74, 6) is 0.00676. The predicted molar refractivity (Wildman–Crippen MR) is 55.5 cm³/mol. The summed E-state index contributed by atoms with van der Waals surface area (Å²) in [5, 5.41) is 5.83. The minimum atomic E-state index is -0.0750. The van der Waals surface area contributed by atoms with Gasteiger partial charge in [-0.1, -0.05) is 0 Å². The van der Waals surface area contributed by atoms with Gasteiger partial charge in [0.2, 0.25) is 0 Å². The molecular weight excluding hydrogens is 198 g/mol. The molecule has 0 atom stereocenters. The molecule has 1 aliphatic rings. The van der Waals surface area contributed by atoms with Crippen LogP contribution in [0.3, 0.4) is 0 Å². The van der Waals surface area contributed by atoms with Gasteiger partial charge in [-0.25, -0.2) is 0 Å². The summed E-state index contributed by atoms with van der Waals surface area (Å²) in [4.78, 5) is 11.6. The fourth-order valence-electron chi connectivity index (χ4n) is 1.56. The normalized spacial score (nSPS) is 18.0. The van der Waals surface area contributed by atoms with E-state index in [2.05, 4.69) is 5.32 Å². The van der Waals surface area contributed by atoms with E-state index in [1.165, 1.54) is 11.3 Å². The zero-order valence-corrected chi connectivity index (χ0v) is 8.68. The maximum atomic E-state index is 11.6. The standard InChI is InChI=1S/C10H13NO2S/c12-10(8-3-5-11-6-4-8)13-9-2-1-7-14-9/h1-2,7-8,11H,3-6H2. The van der Waals surface area contributed by atoms with Crippen LogP contribution in [-0.4, -0.2) is 19.1 Å². The molecule has 1 saturated heterocycles. The van der Waals surface area contributed by atoms with Crippen LogP contribution in [0, 0.1) is 5.92 Å². The Hall–Kier alpha value is -0.870. The smallest absolute Gasteiger partial charge is 0.315 e. The number of esters is 1. The highest BCUT2D eigenvalue weighted by Crippen LogP contribution is 2.21. The van der Waals surface area contributed by atoms with E-state index in [0.717, 1.165) is 25.9 Å². The second kappa shape index (κ2) is 4.57. The highest BCUT2D eigenvalue weighted by atomic mass is 32.1. The van der Waals surface area contributed by atoms with Gasteiger partial charge < -0.3 is 10.1 Å². The molecule has 0 aliphatic carbocycles. The number of ether oxygens (including phenoxy) is 1. The topological polar surface area (TPSA) is 38.3 Å². The molecule has 0 unspecified atom stereocenters. The number of piperidine rings is 1. The molecule has 14 heavy (non-hydrogen) atoms. The molecule has 1 aliphatic heterocycles. The number of hydrogen-bond acceptors (Lipinski definition) is 4. The molecule has 4 heteroatoms. The third-order valence-corrected chi connectivity index (χ3v) is 3.11. The predicted octanol–water partition coefficient (Wildman–Crippen LogP) is 1.65. The van der Waals surface area contributed by atoms with E-state index in [0.29, 0.717) is 5.06 Å². The number of carbonyl (C=O) groups excluding carboxylic acids is 1. The summed E-state index contributed by atoms with van der Waals surface area (Å²) in [6.07, 6.45) is 1.79. The van der Waals surface area contributed by atoms with Crippen LogP contribution < -0.4 is 10.1 Å². The molecular formula is C10H13NO2S. The van der Waals surface area contributed by atoms with Crippen LogP contribution in [0.1, 0.15) is 12.8 Å². The zero-order chi connectivity index (χ0) is 9.80. The van der Waals surface area contributed by atoms with Crippen molar-refractivity contribution in [1.82, 2.24) is 5.32 Å². The van der Waals surface area contributed by atoms with E-state index >= 15 is 0 Å². The van der Waals surface area contributed by atoms with Crippen LogP contribution in [0.2, 0.25) is 0 Å². The number of rotatable bonds is 2. The highest BCUT2D eigenvalue weighted by molar-refractivity contribution is 7.11. The summed E-state index contributed by atoms with van der Waals surface area (Å²) in [7, 11) is 0. The highest BCUT2D eigenvalue weighted by Gasteiger charge is 2.22. The van der Waals surface area contributed by atoms with Gasteiger partial charge in [0.25, 0.3) is 0 Å². The maximum Gasteiger partial charge on any atom is 0.315 e. The zero-order valence-electron chi connectivity index (χ0n) is 7.86. The van der Waals surface area contributed by atoms with E-state index in [4.69, 9.17) is 4.74 Å². The Morgan fingerprint density at radius 3 is 2.93 bits per heavy atom. The fraction of sp³-hybridized carbons (Fsp3) is 0.500. The van der Waals surface area contributed by atoms with Crippen molar-refractivity contribution in [2.45, 2.75) is 12.8 Å². The summed E-state index contributed by atoms with van der Waals surface area (Å²) < 4.78 is 5.25. The van der Waals surface area contributed by atoms with Gasteiger partial charge in [-0.2, -0.15) is 0 Å². The van der Waals surface area contributed by atoms with Crippen LogP contribution in [-0.2, 0) is 4.79 Å². The van der Waals surface area contributed by atoms with Gasteiger partial charge in [-0.3, -0.25) is 4.79 Å². The van der Waals surface area contributed by atoms with Gasteiger partial charge in [-0.15, -0.1) is 11.3 Å². The third-order valence-electron chi connectivity index (χ3n) is 2.37. The van der Waals surface area contributed by atoms with Crippen molar-refractivity contribution in [2.75, 3.05) is 13.1 Å². The molecule has 2 rings (SSSR count). The molecule has 1 fully saturated rings. The summed E-state index contributed by atoms with van der Waals surface area (Å²) in [5.41, 5.74) is 0. The number of nitrogens with one attached hydrogen (secondary N) is 1. The first-order chi connectivity index (χ1) is 6.86. The molecule has 0 saturated carbocycles. The van der Waals surface area contributed by atoms with Gasteiger partial charge in [0.1, 0.15) is 0 Å². The molecule has 1 aromatic heterocycles. The molecule has 0 spiro atoms. The lowest BCUT2D eigenvalue weighted by Gasteiger charge is -2.20. The lowest BCUT2D eigenvalue weighted by molar-refractivity contribution is -0.139. The monoisotopic (exact) mass is 211 g/mol. The third kappa shape index (κ3) is 2.33. The van der Waals surface area contributed by atoms with Gasteiger partial charge in [0, 0.05) is 0 Å². The van der Waals surface area contributed by atoms with Gasteiger partial charge in [0.05, 0.1) is 5.92 Å². The lowest BCUT2D eigenvalue weighted by Crippen LogP contribution is -2.33. The van der Waals surface area contributed by atoms with Crippen molar-refractivity contribution in [2.24, 2.45) is 5.92 Å². The summed E-state index contributed by atoms with van der Waals surface area (Å²) in [6.45, 7) is 1.84. The maximum absolute atomic E-state index is 11.6. The van der Waals surface area contributed by atoms with E-state index in [-0.39, 0.29) is 11.9 Å². The summed E-state index contributed by atoms with van der Waals surface area (Å²) in [6, 6.07) is 3.71. The second-order valence-electron chi connectivity index (χ2n) is 3.38. The van der Waals surface area contributed by atoms with Crippen LogP contribution >= 0.6 is 11.3 Å². The first-order valence-electron chi connectivity index (χ1n) is 4.82. The Morgan fingerprint density at radius 2 is 2.29 bits per heavy atom. The molecule has 0 amide bonds. The number of thiophene rings is 1. The average molecular weight is 211 g/mol. The Kier molecular flexibility index (Phi) is 3.16. The Balaban J connectivity index is 1.88. The van der Waals surface area contributed by atoms with Gasteiger partial charge in [-0.05, 0) is 43.4 Å². The van der Waals surface area contributed by atoms with Crippen LogP contribution in [0.5, 0.6) is 5.06 Å². The summed E-state index contributed by atoms with van der Waals surface area (Å²) >= 11 is 1.46. The average Bonchev–Trinajstić information content (AvgIpc) is 2.72. The second-order valence-corrected chi connectivity index (χ2v) is 4.29. The van der Waals surface area contributed by atoms with E-state index in [1.807, 2.05) is 17.5 Å². The minimum absolute atomic E-state index is 0.0750. The van der Waals surface area contributed by atoms with Crippen molar-refractivity contribution in [3.8, 4) is 5.06 Å². The van der Waals surface area contributed by atoms with Crippen molar-refractivity contribution >= 4 is 17.3 Å². The van der Waals surface area contributed by atoms with Crippen LogP contribution in [0.4, 0.5) is 0 Å². The molecule has 76 valence electrons. The fourth-order valence-corrected chi connectivity index (χ4v) is 2.14. The van der Waals surface area contributed by atoms with Crippen molar-refractivity contribution in [1.29, 1.82) is 0 Å². The molecule has 0 bridgehead atoms. The van der Waals surface area contributed by atoms with Crippen LogP contribution in [0.15, 0.2) is 17.5 Å².